The zero-order valence-corrected chi connectivity index (χ0v) is 12.3. The molecule has 0 aliphatic carbocycles. The molecule has 6 nitrogen and oxygen atoms in total. The van der Waals surface area contributed by atoms with Crippen LogP contribution in [0.25, 0.3) is 0 Å². The lowest BCUT2D eigenvalue weighted by Gasteiger charge is -2.09. The molecule has 2 amide bonds. The predicted molar refractivity (Wildman–Crippen MR) is 83.3 cm³/mol. The van der Waals surface area contributed by atoms with Crippen LogP contribution in [-0.4, -0.2) is 22.7 Å². The number of para-hydroxylation sites is 1. The summed E-state index contributed by atoms with van der Waals surface area (Å²) in [6, 6.07) is 7.61. The van der Waals surface area contributed by atoms with Gasteiger partial charge in [0.05, 0.1) is 5.75 Å². The molecule has 7 heteroatoms. The van der Waals surface area contributed by atoms with Crippen molar-refractivity contribution in [3.05, 3.63) is 42.1 Å². The summed E-state index contributed by atoms with van der Waals surface area (Å²) in [6.45, 7) is 5.42. The molecule has 108 valence electrons. The molecule has 21 heavy (non-hydrogen) atoms. The summed E-state index contributed by atoms with van der Waals surface area (Å²) < 4.78 is 0. The number of benzene rings is 1. The van der Waals surface area contributed by atoms with Crippen LogP contribution in [-0.2, 0) is 16.0 Å². The third-order valence-corrected chi connectivity index (χ3v) is 3.54. The van der Waals surface area contributed by atoms with Crippen LogP contribution >= 0.6 is 11.8 Å². The summed E-state index contributed by atoms with van der Waals surface area (Å²) in [5.41, 5.74) is 1.86. The van der Waals surface area contributed by atoms with Gasteiger partial charge >= 0.3 is 0 Å². The molecule has 1 heterocycles. The molecular formula is C14H14N4O2S. The minimum absolute atomic E-state index is 0.000625. The van der Waals surface area contributed by atoms with Gasteiger partial charge in [0, 0.05) is 5.69 Å². The number of carbonyl (C=O) groups is 2. The van der Waals surface area contributed by atoms with E-state index in [-0.39, 0.29) is 22.5 Å². The number of hydrogen-bond acceptors (Lipinski definition) is 5. The number of rotatable bonds is 4. The maximum Gasteiger partial charge on any atom is 0.299 e. The van der Waals surface area contributed by atoms with E-state index in [1.54, 1.807) is 0 Å². The summed E-state index contributed by atoms with van der Waals surface area (Å²) in [4.78, 5) is 26.9. The van der Waals surface area contributed by atoms with Crippen LogP contribution in [0.4, 0.5) is 5.69 Å². The Hall–Kier alpha value is -2.28. The Kier molecular flexibility index (Phi) is 4.99. The molecule has 2 rings (SSSR count). The van der Waals surface area contributed by atoms with Crippen LogP contribution in [0.15, 0.2) is 51.8 Å². The zero-order chi connectivity index (χ0) is 15.2. The van der Waals surface area contributed by atoms with E-state index in [4.69, 9.17) is 0 Å². The molecule has 1 aliphatic rings. The normalized spacial score (nSPS) is 14.0. The number of aryl methyl sites for hydroxylation is 1. The lowest BCUT2D eigenvalue weighted by molar-refractivity contribution is -0.115. The van der Waals surface area contributed by atoms with E-state index in [1.165, 1.54) is 0 Å². The standard InChI is InChI=1S/C14H14N4O2S/c1-3-10-6-4-5-7-11(10)15-12(19)8-21-14-16-13(20)9(2)17-18-14/h4-7H,2-3,8H2,1H3,(H,15,19). The van der Waals surface area contributed by atoms with Crippen molar-refractivity contribution in [1.29, 1.82) is 0 Å². The van der Waals surface area contributed by atoms with Gasteiger partial charge in [0.1, 0.15) is 5.70 Å². The van der Waals surface area contributed by atoms with Crippen molar-refractivity contribution in [3.63, 3.8) is 0 Å². The average Bonchev–Trinajstić information content (AvgIpc) is 2.49. The fourth-order valence-electron chi connectivity index (χ4n) is 1.65. The van der Waals surface area contributed by atoms with Crippen molar-refractivity contribution in [1.82, 2.24) is 0 Å². The smallest absolute Gasteiger partial charge is 0.299 e. The van der Waals surface area contributed by atoms with E-state index < -0.39 is 5.91 Å². The van der Waals surface area contributed by atoms with Crippen molar-refractivity contribution in [2.45, 2.75) is 13.3 Å². The molecular weight excluding hydrogens is 288 g/mol. The Labute approximate surface area is 126 Å². The van der Waals surface area contributed by atoms with E-state index in [1.807, 2.05) is 31.2 Å². The third-order valence-electron chi connectivity index (χ3n) is 2.71. The van der Waals surface area contributed by atoms with E-state index in [9.17, 15) is 9.59 Å². The molecule has 1 aromatic carbocycles. The van der Waals surface area contributed by atoms with E-state index in [2.05, 4.69) is 27.1 Å². The average molecular weight is 302 g/mol. The molecule has 0 saturated carbocycles. The summed E-state index contributed by atoms with van der Waals surface area (Å²) in [5.74, 6) is -0.602. The van der Waals surface area contributed by atoms with E-state index >= 15 is 0 Å². The van der Waals surface area contributed by atoms with Crippen molar-refractivity contribution >= 4 is 34.4 Å². The molecule has 0 bridgehead atoms. The molecule has 0 radical (unpaired) electrons. The van der Waals surface area contributed by atoms with Gasteiger partial charge in [-0.25, -0.2) is 0 Å². The maximum atomic E-state index is 11.9. The van der Waals surface area contributed by atoms with Gasteiger partial charge in [-0.1, -0.05) is 43.5 Å². The van der Waals surface area contributed by atoms with Crippen molar-refractivity contribution < 1.29 is 9.59 Å². The number of nitrogens with one attached hydrogen (secondary N) is 1. The van der Waals surface area contributed by atoms with E-state index in [0.717, 1.165) is 29.4 Å². The second-order valence-electron chi connectivity index (χ2n) is 4.19. The third kappa shape index (κ3) is 4.09. The topological polar surface area (TPSA) is 83.2 Å². The summed E-state index contributed by atoms with van der Waals surface area (Å²) in [6.07, 6.45) is 0.834. The fraction of sp³-hybridized carbons (Fsp3) is 0.214. The van der Waals surface area contributed by atoms with Gasteiger partial charge in [0.15, 0.2) is 0 Å². The number of carbonyl (C=O) groups excluding carboxylic acids is 2. The summed E-state index contributed by atoms with van der Waals surface area (Å²) in [5, 5.41) is 10.3. The first kappa shape index (κ1) is 15.1. The Balaban J connectivity index is 1.91. The van der Waals surface area contributed by atoms with Gasteiger partial charge in [-0.3, -0.25) is 9.59 Å². The van der Waals surface area contributed by atoms with Crippen LogP contribution in [0.1, 0.15) is 12.5 Å². The predicted octanol–water partition coefficient (Wildman–Crippen LogP) is 2.78. The Bertz CT molecular complexity index is 652. The fourth-order valence-corrected chi connectivity index (χ4v) is 2.23. The molecule has 0 atom stereocenters. The van der Waals surface area contributed by atoms with Crippen LogP contribution in [0, 0.1) is 0 Å². The highest BCUT2D eigenvalue weighted by atomic mass is 32.2. The number of amidine groups is 1. The first-order valence-electron chi connectivity index (χ1n) is 6.34. The van der Waals surface area contributed by atoms with Crippen molar-refractivity contribution in [2.75, 3.05) is 11.1 Å². The largest absolute Gasteiger partial charge is 0.325 e. The highest BCUT2D eigenvalue weighted by Crippen LogP contribution is 2.17. The first-order valence-corrected chi connectivity index (χ1v) is 7.33. The lowest BCUT2D eigenvalue weighted by atomic mass is 10.1. The zero-order valence-electron chi connectivity index (χ0n) is 11.5. The number of aliphatic imine (C=N–C) groups is 1. The SMILES string of the molecule is C=C1N=NC(SCC(=O)Nc2ccccc2CC)=NC1=O. The van der Waals surface area contributed by atoms with Gasteiger partial charge in [-0.05, 0) is 18.1 Å². The minimum atomic E-state index is -0.524. The Morgan fingerprint density at radius 3 is 2.81 bits per heavy atom. The molecule has 1 aromatic rings. The number of anilines is 1. The molecule has 1 N–H and O–H groups in total. The quantitative estimate of drug-likeness (QED) is 0.868. The van der Waals surface area contributed by atoms with Crippen LogP contribution < -0.4 is 5.32 Å². The highest BCUT2D eigenvalue weighted by molar-refractivity contribution is 8.14. The number of thioether (sulfide) groups is 1. The highest BCUT2D eigenvalue weighted by Gasteiger charge is 2.15. The molecule has 1 aliphatic heterocycles. The number of amides is 2. The van der Waals surface area contributed by atoms with Crippen LogP contribution in [0.3, 0.4) is 0 Å². The van der Waals surface area contributed by atoms with E-state index in [0.29, 0.717) is 0 Å². The van der Waals surface area contributed by atoms with Crippen molar-refractivity contribution in [2.24, 2.45) is 15.2 Å². The van der Waals surface area contributed by atoms with Crippen molar-refractivity contribution in [3.8, 4) is 0 Å². The number of nitrogens with zero attached hydrogens (tertiary/aromatic N) is 3. The maximum absolute atomic E-state index is 11.9. The second kappa shape index (κ2) is 6.94. The number of hydrogen-bond donors (Lipinski definition) is 1. The van der Waals surface area contributed by atoms with Gasteiger partial charge in [0.25, 0.3) is 5.91 Å². The summed E-state index contributed by atoms with van der Waals surface area (Å²) >= 11 is 1.06. The van der Waals surface area contributed by atoms with Gasteiger partial charge in [-0.2, -0.15) is 4.99 Å². The van der Waals surface area contributed by atoms with Crippen LogP contribution in [0.2, 0.25) is 0 Å². The lowest BCUT2D eigenvalue weighted by Crippen LogP contribution is -2.16. The molecule has 0 spiro atoms. The van der Waals surface area contributed by atoms with Gasteiger partial charge in [-0.15, -0.1) is 10.2 Å². The molecule has 0 fully saturated rings. The first-order chi connectivity index (χ1) is 10.1. The second-order valence-corrected chi connectivity index (χ2v) is 5.14. The van der Waals surface area contributed by atoms with Gasteiger partial charge < -0.3 is 5.32 Å². The molecule has 0 unspecified atom stereocenters. The Morgan fingerprint density at radius 2 is 2.10 bits per heavy atom. The number of azo groups is 1. The monoisotopic (exact) mass is 302 g/mol. The Morgan fingerprint density at radius 1 is 1.33 bits per heavy atom. The minimum Gasteiger partial charge on any atom is -0.325 e. The van der Waals surface area contributed by atoms with Gasteiger partial charge in [0.2, 0.25) is 11.1 Å². The molecule has 0 aromatic heterocycles. The summed E-state index contributed by atoms with van der Waals surface area (Å²) in [7, 11) is 0. The molecule has 0 saturated heterocycles. The van der Waals surface area contributed by atoms with Crippen LogP contribution in [0.5, 0.6) is 0 Å².